The number of hydrogen-bond acceptors (Lipinski definition) is 2. The van der Waals surface area contributed by atoms with Crippen LogP contribution in [0.15, 0.2) is 73.2 Å². The van der Waals surface area contributed by atoms with Gasteiger partial charge >= 0.3 is 0 Å². The van der Waals surface area contributed by atoms with Gasteiger partial charge in [-0.1, -0.05) is 42.5 Å². The van der Waals surface area contributed by atoms with Crippen molar-refractivity contribution in [2.24, 2.45) is 7.05 Å². The number of nitrogens with one attached hydrogen (secondary N) is 1. The van der Waals surface area contributed by atoms with Crippen LogP contribution in [0.3, 0.4) is 0 Å². The van der Waals surface area contributed by atoms with Gasteiger partial charge in [-0.15, -0.1) is 0 Å². The van der Waals surface area contributed by atoms with E-state index in [0.717, 1.165) is 28.6 Å². The van der Waals surface area contributed by atoms with Crippen LogP contribution in [0.5, 0.6) is 0 Å². The molecule has 2 heterocycles. The Bertz CT molecular complexity index is 1050. The van der Waals surface area contributed by atoms with Crippen molar-refractivity contribution in [1.29, 1.82) is 0 Å². The highest BCUT2D eigenvalue weighted by Crippen LogP contribution is 2.20. The molecule has 0 unspecified atom stereocenters. The number of benzene rings is 2. The molecule has 0 fully saturated rings. The number of aryl methyl sites for hydroxylation is 1. The van der Waals surface area contributed by atoms with Gasteiger partial charge in [0.2, 0.25) is 5.91 Å². The molecule has 1 amide bonds. The first kappa shape index (κ1) is 17.1. The highest BCUT2D eigenvalue weighted by molar-refractivity contribution is 5.89. The van der Waals surface area contributed by atoms with Crippen LogP contribution in [0.25, 0.3) is 10.9 Å². The molecule has 0 radical (unpaired) electrons. The lowest BCUT2D eigenvalue weighted by molar-refractivity contribution is -0.120. The second-order valence-corrected chi connectivity index (χ2v) is 6.76. The molecule has 27 heavy (non-hydrogen) atoms. The van der Waals surface area contributed by atoms with Crippen LogP contribution in [0, 0.1) is 0 Å². The Labute approximate surface area is 158 Å². The van der Waals surface area contributed by atoms with Crippen LogP contribution in [0.1, 0.15) is 16.7 Å². The normalized spacial score (nSPS) is 11.0. The van der Waals surface area contributed by atoms with Crippen molar-refractivity contribution >= 4 is 16.8 Å². The van der Waals surface area contributed by atoms with Gasteiger partial charge in [0.25, 0.3) is 0 Å². The van der Waals surface area contributed by atoms with Crippen molar-refractivity contribution < 1.29 is 4.79 Å². The maximum absolute atomic E-state index is 12.4. The minimum Gasteiger partial charge on any atom is -0.352 e. The standard InChI is InChI=1S/C22H22N4O/c1-25-16-19(20-5-2-3-6-21(20)25)13-22(27)23-14-17-7-9-18(10-8-17)15-26-12-4-11-24-26/h2-12,16H,13-15H2,1H3,(H,23,27). The first-order valence-electron chi connectivity index (χ1n) is 9.04. The van der Waals surface area contributed by atoms with Gasteiger partial charge in [-0.25, -0.2) is 0 Å². The van der Waals surface area contributed by atoms with Crippen molar-refractivity contribution in [3.05, 3.63) is 89.9 Å². The molecule has 136 valence electrons. The monoisotopic (exact) mass is 358 g/mol. The Hall–Kier alpha value is -3.34. The molecule has 0 aliphatic heterocycles. The van der Waals surface area contributed by atoms with Crippen LogP contribution in [-0.2, 0) is 31.4 Å². The maximum Gasteiger partial charge on any atom is 0.224 e. The smallest absolute Gasteiger partial charge is 0.224 e. The average Bonchev–Trinajstić information content (AvgIpc) is 3.30. The number of para-hydroxylation sites is 1. The number of carbonyl (C=O) groups excluding carboxylic acids is 1. The Morgan fingerprint density at radius 2 is 1.81 bits per heavy atom. The molecule has 0 saturated carbocycles. The fourth-order valence-corrected chi connectivity index (χ4v) is 3.35. The summed E-state index contributed by atoms with van der Waals surface area (Å²) in [6.45, 7) is 1.28. The minimum absolute atomic E-state index is 0.0342. The van der Waals surface area contributed by atoms with Gasteiger partial charge in [0.05, 0.1) is 13.0 Å². The molecule has 2 aromatic carbocycles. The fraction of sp³-hybridized carbons (Fsp3) is 0.182. The van der Waals surface area contributed by atoms with E-state index >= 15 is 0 Å². The number of nitrogens with zero attached hydrogens (tertiary/aromatic N) is 3. The van der Waals surface area contributed by atoms with Crippen molar-refractivity contribution in [3.63, 3.8) is 0 Å². The third kappa shape index (κ3) is 3.92. The number of aromatic nitrogens is 3. The predicted molar refractivity (Wildman–Crippen MR) is 106 cm³/mol. The predicted octanol–water partition coefficient (Wildman–Crippen LogP) is 3.28. The van der Waals surface area contributed by atoms with E-state index in [4.69, 9.17) is 0 Å². The zero-order valence-electron chi connectivity index (χ0n) is 15.3. The molecule has 0 bridgehead atoms. The molecule has 1 N–H and O–H groups in total. The van der Waals surface area contributed by atoms with Gasteiger partial charge in [-0.05, 0) is 28.8 Å². The van der Waals surface area contributed by atoms with Crippen molar-refractivity contribution in [1.82, 2.24) is 19.7 Å². The Morgan fingerprint density at radius 3 is 2.59 bits per heavy atom. The lowest BCUT2D eigenvalue weighted by Crippen LogP contribution is -2.24. The van der Waals surface area contributed by atoms with Gasteiger partial charge in [0, 0.05) is 43.1 Å². The molecule has 0 saturated heterocycles. The fourth-order valence-electron chi connectivity index (χ4n) is 3.35. The summed E-state index contributed by atoms with van der Waals surface area (Å²) in [7, 11) is 2.01. The van der Waals surface area contributed by atoms with Crippen molar-refractivity contribution in [3.8, 4) is 0 Å². The van der Waals surface area contributed by atoms with E-state index in [1.165, 1.54) is 5.56 Å². The van der Waals surface area contributed by atoms with Crippen LogP contribution in [-0.4, -0.2) is 20.3 Å². The summed E-state index contributed by atoms with van der Waals surface area (Å²) in [5.41, 5.74) is 4.48. The highest BCUT2D eigenvalue weighted by Gasteiger charge is 2.10. The van der Waals surface area contributed by atoms with E-state index in [1.54, 1.807) is 6.20 Å². The summed E-state index contributed by atoms with van der Waals surface area (Å²) >= 11 is 0. The lowest BCUT2D eigenvalue weighted by Gasteiger charge is -2.07. The van der Waals surface area contributed by atoms with E-state index in [1.807, 2.05) is 42.3 Å². The van der Waals surface area contributed by atoms with E-state index < -0.39 is 0 Å². The average molecular weight is 358 g/mol. The Morgan fingerprint density at radius 1 is 1.04 bits per heavy atom. The van der Waals surface area contributed by atoms with Crippen LogP contribution in [0.4, 0.5) is 0 Å². The highest BCUT2D eigenvalue weighted by atomic mass is 16.1. The number of rotatable bonds is 6. The third-order valence-corrected chi connectivity index (χ3v) is 4.75. The van der Waals surface area contributed by atoms with Gasteiger partial charge in [0.1, 0.15) is 0 Å². The molecular weight excluding hydrogens is 336 g/mol. The molecular formula is C22H22N4O. The number of fused-ring (bicyclic) bond motifs is 1. The molecule has 0 aliphatic carbocycles. The molecule has 4 aromatic rings. The summed E-state index contributed by atoms with van der Waals surface area (Å²) in [6, 6.07) is 18.3. The molecule has 0 aliphatic rings. The van der Waals surface area contributed by atoms with Gasteiger partial charge < -0.3 is 9.88 Å². The zero-order valence-corrected chi connectivity index (χ0v) is 15.3. The Balaban J connectivity index is 1.35. The van der Waals surface area contributed by atoms with Gasteiger partial charge in [0.15, 0.2) is 0 Å². The Kier molecular flexibility index (Phi) is 4.75. The number of carbonyl (C=O) groups is 1. The quantitative estimate of drug-likeness (QED) is 0.575. The summed E-state index contributed by atoms with van der Waals surface area (Å²) < 4.78 is 3.96. The number of hydrogen-bond donors (Lipinski definition) is 1. The minimum atomic E-state index is 0.0342. The van der Waals surface area contributed by atoms with Crippen LogP contribution < -0.4 is 5.32 Å². The summed E-state index contributed by atoms with van der Waals surface area (Å²) in [6.07, 6.45) is 6.15. The van der Waals surface area contributed by atoms with Crippen molar-refractivity contribution in [2.45, 2.75) is 19.5 Å². The van der Waals surface area contributed by atoms with Gasteiger partial charge in [-0.3, -0.25) is 9.48 Å². The van der Waals surface area contributed by atoms with E-state index in [2.05, 4.69) is 51.4 Å². The molecule has 0 spiro atoms. The molecule has 0 atom stereocenters. The van der Waals surface area contributed by atoms with E-state index in [9.17, 15) is 4.79 Å². The lowest BCUT2D eigenvalue weighted by atomic mass is 10.1. The molecule has 4 rings (SSSR count). The molecule has 5 heteroatoms. The topological polar surface area (TPSA) is 51.9 Å². The SMILES string of the molecule is Cn1cc(CC(=O)NCc2ccc(Cn3cccn3)cc2)c2ccccc21. The van der Waals surface area contributed by atoms with Crippen LogP contribution in [0.2, 0.25) is 0 Å². The first-order chi connectivity index (χ1) is 13.2. The van der Waals surface area contributed by atoms with E-state index in [0.29, 0.717) is 13.0 Å². The molecule has 5 nitrogen and oxygen atoms in total. The molecule has 2 aromatic heterocycles. The first-order valence-corrected chi connectivity index (χ1v) is 9.04. The third-order valence-electron chi connectivity index (χ3n) is 4.75. The summed E-state index contributed by atoms with van der Waals surface area (Å²) in [5, 5.41) is 8.37. The van der Waals surface area contributed by atoms with E-state index in [-0.39, 0.29) is 5.91 Å². The summed E-state index contributed by atoms with van der Waals surface area (Å²) in [5.74, 6) is 0.0342. The second-order valence-electron chi connectivity index (χ2n) is 6.76. The zero-order chi connectivity index (χ0) is 18.6. The summed E-state index contributed by atoms with van der Waals surface area (Å²) in [4.78, 5) is 12.4. The second kappa shape index (κ2) is 7.50. The van der Waals surface area contributed by atoms with Crippen molar-refractivity contribution in [2.75, 3.05) is 0 Å². The van der Waals surface area contributed by atoms with Gasteiger partial charge in [-0.2, -0.15) is 5.10 Å². The number of amides is 1. The maximum atomic E-state index is 12.4. The largest absolute Gasteiger partial charge is 0.352 e. The van der Waals surface area contributed by atoms with Crippen LogP contribution >= 0.6 is 0 Å².